The Bertz CT molecular complexity index is 189. The average molecular weight is 156 g/mol. The maximum Gasteiger partial charge on any atom is 0.417 e. The molecule has 0 bridgehead atoms. The van der Waals surface area contributed by atoms with Gasteiger partial charge in [0.25, 0.3) is 0 Å². The number of carboxylic acids is 1. The van der Waals surface area contributed by atoms with Crippen molar-refractivity contribution in [3.63, 3.8) is 0 Å². The second-order valence-corrected chi connectivity index (χ2v) is 1.75. The number of carbonyl (C=O) groups excluding carboxylic acids is 1. The molecule has 0 radical (unpaired) electrons. The molecule has 0 heterocycles. The molecule has 0 amide bonds. The van der Waals surface area contributed by atoms with Crippen molar-refractivity contribution in [3.05, 3.63) is 0 Å². The highest BCUT2D eigenvalue weighted by Crippen LogP contribution is 1.88. The third kappa shape index (κ3) is 4.97. The zero-order valence-corrected chi connectivity index (χ0v) is 5.87. The lowest BCUT2D eigenvalue weighted by molar-refractivity contribution is -0.163. The van der Waals surface area contributed by atoms with Gasteiger partial charge in [-0.3, -0.25) is 0 Å². The molecule has 0 aromatic rings. The summed E-state index contributed by atoms with van der Waals surface area (Å²) in [5, 5.41) is 8.02. The summed E-state index contributed by atoms with van der Waals surface area (Å²) in [6.45, 7) is 0.0648. The van der Waals surface area contributed by atoms with Crippen LogP contribution in [0.25, 0.3) is 0 Å². The third-order valence-electron chi connectivity index (χ3n) is 0.873. The van der Waals surface area contributed by atoms with Gasteiger partial charge in [-0.1, -0.05) is 0 Å². The van der Waals surface area contributed by atoms with Gasteiger partial charge in [0.05, 0.1) is 6.61 Å². The molecule has 60 valence electrons. The van der Waals surface area contributed by atoms with Crippen molar-refractivity contribution in [1.29, 1.82) is 0 Å². The molecule has 0 aromatic heterocycles. The van der Waals surface area contributed by atoms with Crippen molar-refractivity contribution in [1.82, 2.24) is 0 Å². The lowest BCUT2D eigenvalue weighted by atomic mass is 10.3. The number of carbonyl (C=O) groups is 2. The summed E-state index contributed by atoms with van der Waals surface area (Å²) in [6.07, 6.45) is 5.87. The number of aliphatic carboxylic acids is 1. The topological polar surface area (TPSA) is 63.6 Å². The Hall–Kier alpha value is -1.50. The van der Waals surface area contributed by atoms with E-state index in [0.29, 0.717) is 12.8 Å². The van der Waals surface area contributed by atoms with Crippen LogP contribution in [0.15, 0.2) is 0 Å². The fourth-order valence-electron chi connectivity index (χ4n) is 0.401. The summed E-state index contributed by atoms with van der Waals surface area (Å²) in [7, 11) is 0. The minimum Gasteiger partial charge on any atom is -0.473 e. The molecule has 4 nitrogen and oxygen atoms in total. The van der Waals surface area contributed by atoms with Gasteiger partial charge in [-0.15, -0.1) is 12.3 Å². The van der Waals surface area contributed by atoms with Crippen molar-refractivity contribution >= 4 is 11.9 Å². The van der Waals surface area contributed by atoms with Crippen LogP contribution in [0.2, 0.25) is 0 Å². The molecule has 0 aliphatic heterocycles. The Labute approximate surface area is 64.2 Å². The van der Waals surface area contributed by atoms with E-state index in [0.717, 1.165) is 0 Å². The lowest BCUT2D eigenvalue weighted by Crippen LogP contribution is -2.16. The number of rotatable bonds is 3. The summed E-state index contributed by atoms with van der Waals surface area (Å²) in [5.74, 6) is -0.480. The van der Waals surface area contributed by atoms with Crippen LogP contribution in [0.4, 0.5) is 0 Å². The molecule has 4 heteroatoms. The lowest BCUT2D eigenvalue weighted by Gasteiger charge is -1.97. The normalized spacial score (nSPS) is 8.27. The van der Waals surface area contributed by atoms with Crippen LogP contribution in [0.1, 0.15) is 12.8 Å². The van der Waals surface area contributed by atoms with E-state index in [2.05, 4.69) is 10.7 Å². The van der Waals surface area contributed by atoms with Gasteiger partial charge in [-0.25, -0.2) is 9.59 Å². The molecule has 0 saturated heterocycles. The van der Waals surface area contributed by atoms with Gasteiger partial charge in [0.15, 0.2) is 0 Å². The van der Waals surface area contributed by atoms with Gasteiger partial charge in [0.2, 0.25) is 0 Å². The van der Waals surface area contributed by atoms with E-state index < -0.39 is 11.9 Å². The average Bonchev–Trinajstić information content (AvgIpc) is 1.97. The van der Waals surface area contributed by atoms with Crippen LogP contribution in [-0.2, 0) is 14.3 Å². The number of terminal acetylenes is 1. The van der Waals surface area contributed by atoms with Crippen LogP contribution in [-0.4, -0.2) is 23.7 Å². The summed E-state index contributed by atoms with van der Waals surface area (Å²) in [4.78, 5) is 20.1. The summed E-state index contributed by atoms with van der Waals surface area (Å²) >= 11 is 0. The predicted molar refractivity (Wildman–Crippen MR) is 36.7 cm³/mol. The Balaban J connectivity index is 3.34. The second kappa shape index (κ2) is 5.30. The first-order valence-electron chi connectivity index (χ1n) is 3.02. The molecule has 0 unspecified atom stereocenters. The Morgan fingerprint density at radius 3 is 2.64 bits per heavy atom. The van der Waals surface area contributed by atoms with Crippen molar-refractivity contribution < 1.29 is 19.4 Å². The van der Waals surface area contributed by atoms with Crippen molar-refractivity contribution in [3.8, 4) is 12.3 Å². The van der Waals surface area contributed by atoms with Gasteiger partial charge in [0, 0.05) is 6.42 Å². The maximum atomic E-state index is 10.2. The van der Waals surface area contributed by atoms with Crippen LogP contribution in [0.3, 0.4) is 0 Å². The molecule has 0 aromatic carbocycles. The van der Waals surface area contributed by atoms with E-state index in [-0.39, 0.29) is 6.61 Å². The van der Waals surface area contributed by atoms with E-state index >= 15 is 0 Å². The highest BCUT2D eigenvalue weighted by Gasteiger charge is 2.11. The third-order valence-corrected chi connectivity index (χ3v) is 0.873. The fraction of sp³-hybridized carbons (Fsp3) is 0.429. The van der Waals surface area contributed by atoms with E-state index in [1.54, 1.807) is 0 Å². The predicted octanol–water partition coefficient (Wildman–Crippen LogP) is 0.0276. The first-order valence-corrected chi connectivity index (χ1v) is 3.02. The largest absolute Gasteiger partial charge is 0.473 e. The maximum absolute atomic E-state index is 10.2. The molecular weight excluding hydrogens is 148 g/mol. The van der Waals surface area contributed by atoms with Crippen LogP contribution in [0.5, 0.6) is 0 Å². The zero-order chi connectivity index (χ0) is 8.69. The van der Waals surface area contributed by atoms with Crippen molar-refractivity contribution in [2.75, 3.05) is 6.61 Å². The number of hydrogen-bond donors (Lipinski definition) is 1. The highest BCUT2D eigenvalue weighted by molar-refractivity contribution is 6.28. The first-order chi connectivity index (χ1) is 5.18. The van der Waals surface area contributed by atoms with E-state index in [4.69, 9.17) is 11.5 Å². The summed E-state index contributed by atoms with van der Waals surface area (Å²) < 4.78 is 4.27. The monoisotopic (exact) mass is 156 g/mol. The number of unbranched alkanes of at least 4 members (excludes halogenated alkanes) is 1. The van der Waals surface area contributed by atoms with Crippen LogP contribution >= 0.6 is 0 Å². The zero-order valence-electron chi connectivity index (χ0n) is 5.87. The Morgan fingerprint density at radius 2 is 2.18 bits per heavy atom. The SMILES string of the molecule is C#CCCCOC(=O)C(=O)O. The van der Waals surface area contributed by atoms with Crippen LogP contribution < -0.4 is 0 Å². The molecular formula is C7H8O4. The Morgan fingerprint density at radius 1 is 1.55 bits per heavy atom. The van der Waals surface area contributed by atoms with Crippen LogP contribution in [0, 0.1) is 12.3 Å². The molecule has 11 heavy (non-hydrogen) atoms. The fourth-order valence-corrected chi connectivity index (χ4v) is 0.401. The van der Waals surface area contributed by atoms with E-state index in [9.17, 15) is 9.59 Å². The molecule has 1 N–H and O–H groups in total. The molecule has 0 saturated carbocycles. The summed E-state index contributed by atoms with van der Waals surface area (Å²) in [6, 6.07) is 0. The Kier molecular flexibility index (Phi) is 4.58. The highest BCUT2D eigenvalue weighted by atomic mass is 16.6. The van der Waals surface area contributed by atoms with Crippen molar-refractivity contribution in [2.24, 2.45) is 0 Å². The standard InChI is InChI=1S/C7H8O4/c1-2-3-4-5-11-7(10)6(8)9/h1H,3-5H2,(H,8,9). The van der Waals surface area contributed by atoms with Gasteiger partial charge in [0.1, 0.15) is 0 Å². The van der Waals surface area contributed by atoms with Gasteiger partial charge >= 0.3 is 11.9 Å². The number of esters is 1. The minimum absolute atomic E-state index is 0.0648. The minimum atomic E-state index is -1.58. The molecule has 0 aliphatic rings. The van der Waals surface area contributed by atoms with E-state index in [1.165, 1.54) is 0 Å². The van der Waals surface area contributed by atoms with Crippen molar-refractivity contribution in [2.45, 2.75) is 12.8 Å². The molecule has 0 rings (SSSR count). The van der Waals surface area contributed by atoms with Gasteiger partial charge in [-0.05, 0) is 6.42 Å². The molecule has 0 spiro atoms. The number of hydrogen-bond acceptors (Lipinski definition) is 3. The molecule has 0 fully saturated rings. The van der Waals surface area contributed by atoms with E-state index in [1.807, 2.05) is 0 Å². The first kappa shape index (κ1) is 9.50. The molecule has 0 aliphatic carbocycles. The van der Waals surface area contributed by atoms with Gasteiger partial charge in [-0.2, -0.15) is 0 Å². The summed E-state index contributed by atoms with van der Waals surface area (Å²) in [5.41, 5.74) is 0. The smallest absolute Gasteiger partial charge is 0.417 e. The molecule has 0 atom stereocenters. The van der Waals surface area contributed by atoms with Gasteiger partial charge < -0.3 is 9.84 Å². The second-order valence-electron chi connectivity index (χ2n) is 1.75. The number of ether oxygens (including phenoxy) is 1. The quantitative estimate of drug-likeness (QED) is 0.271. The number of carboxylic acid groups (broad SMARTS) is 1.